The molecular weight excluding hydrogens is 118 g/mol. The SMILES string of the molecule is C=CC(=O)N(C#N)C#N. The van der Waals surface area contributed by atoms with Crippen molar-refractivity contribution in [3.05, 3.63) is 12.7 Å². The lowest BCUT2D eigenvalue weighted by Gasteiger charge is -1.94. The van der Waals surface area contributed by atoms with Gasteiger partial charge >= 0.3 is 0 Å². The Morgan fingerprint density at radius 1 is 1.56 bits per heavy atom. The van der Waals surface area contributed by atoms with Crippen LogP contribution in [0.1, 0.15) is 0 Å². The zero-order chi connectivity index (χ0) is 7.28. The number of carbonyl (C=O) groups excluding carboxylic acids is 1. The molecule has 9 heavy (non-hydrogen) atoms. The van der Waals surface area contributed by atoms with E-state index in [1.807, 2.05) is 0 Å². The van der Waals surface area contributed by atoms with Gasteiger partial charge < -0.3 is 0 Å². The second kappa shape index (κ2) is 3.23. The Morgan fingerprint density at radius 3 is 2.11 bits per heavy atom. The van der Waals surface area contributed by atoms with Crippen LogP contribution in [0.2, 0.25) is 0 Å². The van der Waals surface area contributed by atoms with Gasteiger partial charge in [0.15, 0.2) is 0 Å². The molecule has 0 unspecified atom stereocenters. The minimum Gasteiger partial charge on any atom is -0.268 e. The molecule has 0 aromatic heterocycles. The number of rotatable bonds is 1. The van der Waals surface area contributed by atoms with Crippen LogP contribution in [-0.4, -0.2) is 10.8 Å². The predicted molar refractivity (Wildman–Crippen MR) is 28.3 cm³/mol. The van der Waals surface area contributed by atoms with Crippen LogP contribution in [0.5, 0.6) is 0 Å². The van der Waals surface area contributed by atoms with Gasteiger partial charge in [0, 0.05) is 0 Å². The van der Waals surface area contributed by atoms with Crippen molar-refractivity contribution in [3.8, 4) is 12.4 Å². The molecule has 0 aliphatic rings. The highest BCUT2D eigenvalue weighted by Gasteiger charge is 2.04. The largest absolute Gasteiger partial charge is 0.272 e. The molecule has 0 saturated heterocycles. The van der Waals surface area contributed by atoms with E-state index in [4.69, 9.17) is 10.5 Å². The fourth-order valence-electron chi connectivity index (χ4n) is 0.212. The van der Waals surface area contributed by atoms with Crippen molar-refractivity contribution < 1.29 is 4.79 Å². The van der Waals surface area contributed by atoms with Crippen LogP contribution in [0.4, 0.5) is 0 Å². The molecule has 0 saturated carbocycles. The lowest BCUT2D eigenvalue weighted by molar-refractivity contribution is -0.120. The molecule has 0 aromatic rings. The Balaban J connectivity index is 4.21. The summed E-state index contributed by atoms with van der Waals surface area (Å²) in [5.74, 6) is -0.708. The van der Waals surface area contributed by atoms with E-state index in [1.54, 1.807) is 0 Å². The van der Waals surface area contributed by atoms with Crippen molar-refractivity contribution in [3.63, 3.8) is 0 Å². The average Bonchev–Trinajstić information content (AvgIpc) is 1.90. The lowest BCUT2D eigenvalue weighted by Crippen LogP contribution is -2.17. The molecule has 0 bridgehead atoms. The van der Waals surface area contributed by atoms with Crippen LogP contribution in [0.3, 0.4) is 0 Å². The van der Waals surface area contributed by atoms with Gasteiger partial charge in [-0.25, -0.2) is 0 Å². The number of nitriles is 2. The van der Waals surface area contributed by atoms with Crippen LogP contribution in [0.25, 0.3) is 0 Å². The molecule has 0 atom stereocenters. The van der Waals surface area contributed by atoms with Crippen LogP contribution in [-0.2, 0) is 4.79 Å². The first-order valence-corrected chi connectivity index (χ1v) is 2.02. The van der Waals surface area contributed by atoms with E-state index in [0.717, 1.165) is 6.08 Å². The zero-order valence-electron chi connectivity index (χ0n) is 4.53. The Kier molecular flexibility index (Phi) is 2.58. The van der Waals surface area contributed by atoms with Crippen molar-refractivity contribution >= 4 is 5.91 Å². The first-order valence-electron chi connectivity index (χ1n) is 2.02. The molecule has 44 valence electrons. The van der Waals surface area contributed by atoms with E-state index in [0.29, 0.717) is 4.90 Å². The standard InChI is InChI=1S/C5H3N3O/c1-2-5(9)8(3-6)4-7/h2H,1H2. The Bertz CT molecular complexity index is 193. The summed E-state index contributed by atoms with van der Waals surface area (Å²) in [6.07, 6.45) is 3.60. The second-order valence-electron chi connectivity index (χ2n) is 1.08. The molecule has 0 aliphatic heterocycles. The average molecular weight is 121 g/mol. The van der Waals surface area contributed by atoms with Gasteiger partial charge in [-0.1, -0.05) is 6.58 Å². The molecule has 0 fully saturated rings. The van der Waals surface area contributed by atoms with E-state index in [1.165, 1.54) is 12.4 Å². The summed E-state index contributed by atoms with van der Waals surface area (Å²) in [5, 5.41) is 16.0. The van der Waals surface area contributed by atoms with Gasteiger partial charge in [0.2, 0.25) is 12.4 Å². The molecule has 0 N–H and O–H groups in total. The second-order valence-corrected chi connectivity index (χ2v) is 1.08. The molecule has 0 rings (SSSR count). The van der Waals surface area contributed by atoms with E-state index in [-0.39, 0.29) is 0 Å². The zero-order valence-corrected chi connectivity index (χ0v) is 4.53. The minimum atomic E-state index is -0.708. The molecule has 0 aromatic carbocycles. The van der Waals surface area contributed by atoms with Crippen molar-refractivity contribution in [2.75, 3.05) is 0 Å². The first kappa shape index (κ1) is 7.19. The normalized spacial score (nSPS) is 6.44. The van der Waals surface area contributed by atoms with Gasteiger partial charge in [0.1, 0.15) is 0 Å². The third-order valence-corrected chi connectivity index (χ3v) is 0.595. The minimum absolute atomic E-state index is 0.326. The third-order valence-electron chi connectivity index (χ3n) is 0.595. The summed E-state index contributed by atoms with van der Waals surface area (Å²) in [6, 6.07) is 0. The fraction of sp³-hybridized carbons (Fsp3) is 0. The van der Waals surface area contributed by atoms with Gasteiger partial charge in [-0.3, -0.25) is 4.79 Å². The van der Waals surface area contributed by atoms with Crippen LogP contribution in [0.15, 0.2) is 12.7 Å². The maximum absolute atomic E-state index is 10.3. The van der Waals surface area contributed by atoms with Gasteiger partial charge in [0.25, 0.3) is 5.91 Å². The number of hydrogen-bond acceptors (Lipinski definition) is 3. The van der Waals surface area contributed by atoms with E-state index < -0.39 is 5.91 Å². The van der Waals surface area contributed by atoms with Crippen molar-refractivity contribution in [1.29, 1.82) is 10.5 Å². The highest BCUT2D eigenvalue weighted by Crippen LogP contribution is 1.82. The fourth-order valence-corrected chi connectivity index (χ4v) is 0.212. The molecule has 0 radical (unpaired) electrons. The van der Waals surface area contributed by atoms with Crippen LogP contribution < -0.4 is 0 Å². The predicted octanol–water partition coefficient (Wildman–Crippen LogP) is -0.0368. The van der Waals surface area contributed by atoms with Gasteiger partial charge in [-0.2, -0.15) is 10.5 Å². The topological polar surface area (TPSA) is 67.9 Å². The molecule has 4 heteroatoms. The monoisotopic (exact) mass is 121 g/mol. The van der Waals surface area contributed by atoms with Crippen molar-refractivity contribution in [1.82, 2.24) is 4.90 Å². The smallest absolute Gasteiger partial charge is 0.268 e. The van der Waals surface area contributed by atoms with Crippen LogP contribution in [0, 0.1) is 22.9 Å². The van der Waals surface area contributed by atoms with E-state index in [2.05, 4.69) is 6.58 Å². The summed E-state index contributed by atoms with van der Waals surface area (Å²) >= 11 is 0. The Hall–Kier alpha value is -1.81. The molecule has 1 amide bonds. The Morgan fingerprint density at radius 2 is 2.00 bits per heavy atom. The lowest BCUT2D eigenvalue weighted by atomic mass is 10.5. The quantitative estimate of drug-likeness (QED) is 0.278. The summed E-state index contributed by atoms with van der Waals surface area (Å²) in [6.45, 7) is 3.08. The van der Waals surface area contributed by atoms with Gasteiger partial charge in [-0.05, 0) is 6.08 Å². The molecule has 4 nitrogen and oxygen atoms in total. The molecular formula is C5H3N3O. The number of carbonyl (C=O) groups is 1. The first-order chi connectivity index (χ1) is 4.26. The summed E-state index contributed by atoms with van der Waals surface area (Å²) in [5.41, 5.74) is 0. The number of amides is 1. The number of nitrogens with zero attached hydrogens (tertiary/aromatic N) is 3. The molecule has 0 spiro atoms. The number of hydrogen-bond donors (Lipinski definition) is 0. The molecule has 0 heterocycles. The van der Waals surface area contributed by atoms with E-state index in [9.17, 15) is 4.79 Å². The van der Waals surface area contributed by atoms with Crippen molar-refractivity contribution in [2.45, 2.75) is 0 Å². The highest BCUT2D eigenvalue weighted by atomic mass is 16.2. The van der Waals surface area contributed by atoms with Crippen molar-refractivity contribution in [2.24, 2.45) is 0 Å². The van der Waals surface area contributed by atoms with E-state index >= 15 is 0 Å². The van der Waals surface area contributed by atoms with Crippen LogP contribution >= 0.6 is 0 Å². The summed E-state index contributed by atoms with van der Waals surface area (Å²) < 4.78 is 0. The molecule has 0 aliphatic carbocycles. The highest BCUT2D eigenvalue weighted by molar-refractivity contribution is 5.89. The van der Waals surface area contributed by atoms with Gasteiger partial charge in [0.05, 0.1) is 0 Å². The third kappa shape index (κ3) is 1.62. The maximum Gasteiger partial charge on any atom is 0.272 e. The maximum atomic E-state index is 10.3. The summed E-state index contributed by atoms with van der Waals surface area (Å²) in [7, 11) is 0. The van der Waals surface area contributed by atoms with Gasteiger partial charge in [-0.15, -0.1) is 4.90 Å². The summed E-state index contributed by atoms with van der Waals surface area (Å²) in [4.78, 5) is 10.7. The Labute approximate surface area is 52.2 Å².